The summed E-state index contributed by atoms with van der Waals surface area (Å²) >= 11 is 0. The van der Waals surface area contributed by atoms with Crippen LogP contribution in [0.1, 0.15) is 104 Å². The molecule has 0 amide bonds. The molecule has 3 aliphatic rings. The highest BCUT2D eigenvalue weighted by atomic mass is 14.4. The van der Waals surface area contributed by atoms with E-state index in [1.807, 2.05) is 0 Å². The maximum Gasteiger partial charge on any atom is -0.0381 e. The van der Waals surface area contributed by atoms with Crippen LogP contribution in [0, 0.1) is 35.5 Å². The molecule has 0 radical (unpaired) electrons. The maximum absolute atomic E-state index is 2.58. The summed E-state index contributed by atoms with van der Waals surface area (Å²) in [5, 5.41) is 0. The Bertz CT molecular complexity index is 264. The molecular weight excluding hydrogens is 264 g/mol. The first-order chi connectivity index (χ1) is 10.7. The molecule has 0 heteroatoms. The zero-order valence-corrected chi connectivity index (χ0v) is 15.4. The van der Waals surface area contributed by atoms with Crippen molar-refractivity contribution in [3.05, 3.63) is 0 Å². The summed E-state index contributed by atoms with van der Waals surface area (Å²) in [7, 11) is 0. The molecule has 0 N–H and O–H groups in total. The van der Waals surface area contributed by atoms with E-state index in [2.05, 4.69) is 13.8 Å². The van der Waals surface area contributed by atoms with E-state index in [9.17, 15) is 0 Å². The molecule has 0 aromatic heterocycles. The summed E-state index contributed by atoms with van der Waals surface area (Å²) in [5.74, 6) is 6.29. The number of hydrogen-bond donors (Lipinski definition) is 0. The van der Waals surface area contributed by atoms with Crippen molar-refractivity contribution in [3.8, 4) is 0 Å². The zero-order valence-electron chi connectivity index (χ0n) is 15.4. The van der Waals surface area contributed by atoms with Gasteiger partial charge in [-0.15, -0.1) is 0 Å². The van der Waals surface area contributed by atoms with Crippen molar-refractivity contribution in [1.82, 2.24) is 0 Å². The van der Waals surface area contributed by atoms with Gasteiger partial charge in [0.05, 0.1) is 0 Å². The lowest BCUT2D eigenvalue weighted by Crippen LogP contribution is -2.29. The first-order valence-electron chi connectivity index (χ1n) is 10.7. The fraction of sp³-hybridized carbons (Fsp3) is 1.00. The minimum absolute atomic E-state index is 0.992. The Kier molecular flexibility index (Phi) is 6.28. The number of rotatable bonds is 2. The van der Waals surface area contributed by atoms with Gasteiger partial charge in [0, 0.05) is 0 Å². The molecule has 0 aliphatic heterocycles. The van der Waals surface area contributed by atoms with Crippen LogP contribution in [0.5, 0.6) is 0 Å². The van der Waals surface area contributed by atoms with Gasteiger partial charge in [-0.25, -0.2) is 0 Å². The molecule has 0 heterocycles. The topological polar surface area (TPSA) is 0 Å². The fourth-order valence-corrected chi connectivity index (χ4v) is 6.43. The SMILES string of the molecule is CC1CC(C2CCCCC2)CC(C)CC(C2CCCCC2)C1. The lowest BCUT2D eigenvalue weighted by Gasteiger charge is -2.40. The highest BCUT2D eigenvalue weighted by Crippen LogP contribution is 2.44. The highest BCUT2D eigenvalue weighted by Gasteiger charge is 2.33. The average molecular weight is 305 g/mol. The minimum atomic E-state index is 0.992. The molecule has 0 nitrogen and oxygen atoms in total. The van der Waals surface area contributed by atoms with Crippen molar-refractivity contribution in [2.45, 2.75) is 104 Å². The van der Waals surface area contributed by atoms with Gasteiger partial charge in [-0.1, -0.05) is 78.1 Å². The monoisotopic (exact) mass is 304 g/mol. The Morgan fingerprint density at radius 1 is 0.409 bits per heavy atom. The van der Waals surface area contributed by atoms with E-state index in [4.69, 9.17) is 0 Å². The molecule has 0 aromatic carbocycles. The highest BCUT2D eigenvalue weighted by molar-refractivity contribution is 4.84. The molecule has 22 heavy (non-hydrogen) atoms. The van der Waals surface area contributed by atoms with Crippen molar-refractivity contribution in [3.63, 3.8) is 0 Å². The fourth-order valence-electron chi connectivity index (χ4n) is 6.43. The summed E-state index contributed by atoms with van der Waals surface area (Å²) in [6.07, 6.45) is 21.5. The molecule has 128 valence electrons. The number of hydrogen-bond acceptors (Lipinski definition) is 0. The Morgan fingerprint density at radius 2 is 0.727 bits per heavy atom. The summed E-state index contributed by atoms with van der Waals surface area (Å²) in [6.45, 7) is 5.17. The molecule has 0 bridgehead atoms. The lowest BCUT2D eigenvalue weighted by molar-refractivity contribution is 0.108. The van der Waals surface area contributed by atoms with Crippen LogP contribution >= 0.6 is 0 Å². The summed E-state index contributed by atoms with van der Waals surface area (Å²) in [5.41, 5.74) is 0. The van der Waals surface area contributed by atoms with Crippen LogP contribution in [0.15, 0.2) is 0 Å². The zero-order chi connectivity index (χ0) is 15.4. The Hall–Kier alpha value is 0. The molecule has 3 rings (SSSR count). The third-order valence-corrected chi connectivity index (χ3v) is 7.45. The van der Waals surface area contributed by atoms with Crippen LogP contribution in [-0.4, -0.2) is 0 Å². The van der Waals surface area contributed by atoms with E-state index in [0.29, 0.717) is 0 Å². The van der Waals surface area contributed by atoms with Crippen molar-refractivity contribution in [2.24, 2.45) is 35.5 Å². The van der Waals surface area contributed by atoms with E-state index in [1.165, 1.54) is 38.5 Å². The summed E-state index contributed by atoms with van der Waals surface area (Å²) in [4.78, 5) is 0. The van der Waals surface area contributed by atoms with E-state index < -0.39 is 0 Å². The van der Waals surface area contributed by atoms with Gasteiger partial charge >= 0.3 is 0 Å². The quantitative estimate of drug-likeness (QED) is 0.505. The van der Waals surface area contributed by atoms with Gasteiger partial charge in [0.15, 0.2) is 0 Å². The third kappa shape index (κ3) is 4.51. The smallest absolute Gasteiger partial charge is 0.0381 e. The van der Waals surface area contributed by atoms with Crippen LogP contribution < -0.4 is 0 Å². The van der Waals surface area contributed by atoms with Crippen molar-refractivity contribution in [1.29, 1.82) is 0 Å². The third-order valence-electron chi connectivity index (χ3n) is 7.45. The molecule has 0 atom stereocenters. The van der Waals surface area contributed by atoms with Crippen LogP contribution in [-0.2, 0) is 0 Å². The first-order valence-corrected chi connectivity index (χ1v) is 10.7. The van der Waals surface area contributed by atoms with Crippen molar-refractivity contribution < 1.29 is 0 Å². The van der Waals surface area contributed by atoms with Gasteiger partial charge in [0.25, 0.3) is 0 Å². The standard InChI is InChI=1S/C22H40/c1-17-13-21(19-9-5-3-6-10-19)15-18(2)16-22(14-17)20-11-7-4-8-12-20/h17-22H,3-16H2,1-2H3. The normalized spacial score (nSPS) is 40.1. The molecule has 0 spiro atoms. The largest absolute Gasteiger partial charge is 0.0625 e. The Balaban J connectivity index is 1.59. The second-order valence-corrected chi connectivity index (χ2v) is 9.47. The van der Waals surface area contributed by atoms with Crippen LogP contribution in [0.25, 0.3) is 0 Å². The van der Waals surface area contributed by atoms with Gasteiger partial charge in [-0.2, -0.15) is 0 Å². The Morgan fingerprint density at radius 3 is 1.05 bits per heavy atom. The minimum Gasteiger partial charge on any atom is -0.0625 e. The van der Waals surface area contributed by atoms with E-state index in [-0.39, 0.29) is 0 Å². The second kappa shape index (κ2) is 8.20. The van der Waals surface area contributed by atoms with Gasteiger partial charge < -0.3 is 0 Å². The van der Waals surface area contributed by atoms with Gasteiger partial charge in [-0.05, 0) is 61.2 Å². The van der Waals surface area contributed by atoms with Gasteiger partial charge in [-0.3, -0.25) is 0 Å². The molecule has 3 aliphatic carbocycles. The average Bonchev–Trinajstić information content (AvgIpc) is 2.54. The Labute approximate surface area is 139 Å². The molecule has 0 saturated heterocycles. The van der Waals surface area contributed by atoms with Gasteiger partial charge in [0.1, 0.15) is 0 Å². The van der Waals surface area contributed by atoms with Crippen LogP contribution in [0.2, 0.25) is 0 Å². The summed E-state index contributed by atoms with van der Waals surface area (Å²) < 4.78 is 0. The maximum atomic E-state index is 2.58. The van der Waals surface area contributed by atoms with Gasteiger partial charge in [0.2, 0.25) is 0 Å². The molecular formula is C22H40. The summed E-state index contributed by atoms with van der Waals surface area (Å²) in [6, 6.07) is 0. The van der Waals surface area contributed by atoms with Crippen LogP contribution in [0.3, 0.4) is 0 Å². The lowest BCUT2D eigenvalue weighted by atomic mass is 9.65. The molecule has 0 unspecified atom stereocenters. The molecule has 0 aromatic rings. The van der Waals surface area contributed by atoms with Crippen molar-refractivity contribution >= 4 is 0 Å². The van der Waals surface area contributed by atoms with E-state index in [1.54, 1.807) is 51.4 Å². The van der Waals surface area contributed by atoms with Crippen LogP contribution in [0.4, 0.5) is 0 Å². The van der Waals surface area contributed by atoms with E-state index in [0.717, 1.165) is 35.5 Å². The molecule has 3 saturated carbocycles. The predicted molar refractivity (Wildman–Crippen MR) is 96.9 cm³/mol. The first kappa shape index (κ1) is 16.8. The second-order valence-electron chi connectivity index (χ2n) is 9.47. The van der Waals surface area contributed by atoms with E-state index >= 15 is 0 Å². The molecule has 3 fully saturated rings. The predicted octanol–water partition coefficient (Wildman–Crippen LogP) is 7.23. The van der Waals surface area contributed by atoms with Crippen molar-refractivity contribution in [2.75, 3.05) is 0 Å².